The molecule has 0 saturated carbocycles. The zero-order valence-electron chi connectivity index (χ0n) is 17.4. The third kappa shape index (κ3) is 3.01. The van der Waals surface area contributed by atoms with Gasteiger partial charge in [0.05, 0.1) is 19.3 Å². The quantitative estimate of drug-likeness (QED) is 0.579. The molecule has 8 nitrogen and oxygen atoms in total. The highest BCUT2D eigenvalue weighted by Crippen LogP contribution is 2.50. The smallest absolute Gasteiger partial charge is 0.343 e. The first kappa shape index (κ1) is 19.8. The Morgan fingerprint density at radius 3 is 2.67 bits per heavy atom. The molecule has 6 atom stereocenters. The molecule has 1 aromatic carbocycles. The molecule has 2 saturated heterocycles. The van der Waals surface area contributed by atoms with Gasteiger partial charge >= 0.3 is 5.97 Å². The van der Waals surface area contributed by atoms with E-state index in [1.54, 1.807) is 6.07 Å². The van der Waals surface area contributed by atoms with E-state index in [0.717, 1.165) is 6.42 Å². The van der Waals surface area contributed by atoms with Crippen molar-refractivity contribution in [3.8, 4) is 11.5 Å². The maximum absolute atomic E-state index is 12.5. The van der Waals surface area contributed by atoms with Gasteiger partial charge in [0, 0.05) is 18.1 Å². The van der Waals surface area contributed by atoms with Gasteiger partial charge in [0.1, 0.15) is 29.3 Å². The van der Waals surface area contributed by atoms with E-state index in [9.17, 15) is 9.90 Å². The Bertz CT molecular complexity index is 909. The second-order valence-electron chi connectivity index (χ2n) is 8.71. The highest BCUT2D eigenvalue weighted by Gasteiger charge is 2.61. The average Bonchev–Trinajstić information content (AvgIpc) is 3.18. The van der Waals surface area contributed by atoms with Crippen LogP contribution in [0.15, 0.2) is 24.3 Å². The van der Waals surface area contributed by atoms with Crippen LogP contribution in [-0.4, -0.2) is 54.2 Å². The number of methoxy groups -OCH3 is 1. The summed E-state index contributed by atoms with van der Waals surface area (Å²) in [5, 5.41) is 10.3. The summed E-state index contributed by atoms with van der Waals surface area (Å²) in [7, 11) is 1.50. The van der Waals surface area contributed by atoms with Gasteiger partial charge in [-0.15, -0.1) is 0 Å². The van der Waals surface area contributed by atoms with E-state index in [4.69, 9.17) is 28.4 Å². The number of rotatable bonds is 2. The summed E-state index contributed by atoms with van der Waals surface area (Å²) in [5.41, 5.74) is 0.666. The number of esters is 1. The number of hydrogen-bond acceptors (Lipinski definition) is 8. The standard InChI is InChI=1S/C22H26O8/c1-11-6-5-7-22(27-11)19-16(28-21(2,3)30-19)10-15(29-22)18-13-8-12(25-4)9-14(23)17(13)20(24)26-18/h5,7-9,11,15-16,18-19,23H,6,10H2,1-4H3/t11-,15+,16-,18-,19-,22-/m0/s1. The number of fused-ring (bicyclic) bond motifs is 3. The third-order valence-electron chi connectivity index (χ3n) is 6.02. The number of carbonyl (C=O) groups is 1. The molecule has 0 aliphatic carbocycles. The minimum Gasteiger partial charge on any atom is -0.507 e. The molecular formula is C22H26O8. The van der Waals surface area contributed by atoms with Gasteiger partial charge in [0.25, 0.3) is 0 Å². The first-order valence-corrected chi connectivity index (χ1v) is 10.2. The van der Waals surface area contributed by atoms with Crippen LogP contribution in [0, 0.1) is 0 Å². The second kappa shape index (κ2) is 6.68. The van der Waals surface area contributed by atoms with Crippen LogP contribution in [0.4, 0.5) is 0 Å². The Morgan fingerprint density at radius 1 is 1.13 bits per heavy atom. The van der Waals surface area contributed by atoms with E-state index in [2.05, 4.69) is 0 Å². The molecular weight excluding hydrogens is 392 g/mol. The number of cyclic esters (lactones) is 1. The lowest BCUT2D eigenvalue weighted by Crippen LogP contribution is -2.60. The lowest BCUT2D eigenvalue weighted by molar-refractivity contribution is -0.327. The van der Waals surface area contributed by atoms with Gasteiger partial charge in [-0.2, -0.15) is 0 Å². The number of aromatic hydroxyl groups is 1. The lowest BCUT2D eigenvalue weighted by Gasteiger charge is -2.47. The molecule has 0 radical (unpaired) electrons. The summed E-state index contributed by atoms with van der Waals surface area (Å²) in [5.74, 6) is -2.27. The van der Waals surface area contributed by atoms with E-state index >= 15 is 0 Å². The fourth-order valence-electron chi connectivity index (χ4n) is 4.87. The zero-order valence-corrected chi connectivity index (χ0v) is 17.4. The molecule has 4 aliphatic heterocycles. The maximum Gasteiger partial charge on any atom is 0.343 e. The van der Waals surface area contributed by atoms with Gasteiger partial charge in [-0.25, -0.2) is 4.79 Å². The topological polar surface area (TPSA) is 92.7 Å². The van der Waals surface area contributed by atoms with Crippen molar-refractivity contribution in [2.45, 2.75) is 75.7 Å². The summed E-state index contributed by atoms with van der Waals surface area (Å²) in [4.78, 5) is 12.5. The molecule has 1 N–H and O–H groups in total. The number of phenols is 1. The normalized spacial score (nSPS) is 38.9. The zero-order chi connectivity index (χ0) is 21.3. The molecule has 4 heterocycles. The van der Waals surface area contributed by atoms with Gasteiger partial charge in [0.2, 0.25) is 5.79 Å². The number of benzene rings is 1. The molecule has 0 aromatic heterocycles. The van der Waals surface area contributed by atoms with Crippen molar-refractivity contribution in [3.05, 3.63) is 35.4 Å². The van der Waals surface area contributed by atoms with Crippen molar-refractivity contribution in [1.82, 2.24) is 0 Å². The van der Waals surface area contributed by atoms with Crippen LogP contribution in [0.5, 0.6) is 11.5 Å². The molecule has 5 rings (SSSR count). The van der Waals surface area contributed by atoms with E-state index in [-0.39, 0.29) is 23.5 Å². The minimum atomic E-state index is -1.14. The summed E-state index contributed by atoms with van der Waals surface area (Å²) in [6.07, 6.45) is 3.00. The predicted molar refractivity (Wildman–Crippen MR) is 103 cm³/mol. The Hall–Kier alpha value is -2.13. The van der Waals surface area contributed by atoms with Crippen molar-refractivity contribution < 1.29 is 38.3 Å². The molecule has 4 aliphatic rings. The van der Waals surface area contributed by atoms with Gasteiger partial charge in [-0.05, 0) is 39.3 Å². The van der Waals surface area contributed by atoms with Crippen LogP contribution >= 0.6 is 0 Å². The van der Waals surface area contributed by atoms with Crippen LogP contribution in [0.2, 0.25) is 0 Å². The number of ether oxygens (including phenoxy) is 6. The molecule has 30 heavy (non-hydrogen) atoms. The monoisotopic (exact) mass is 418 g/mol. The van der Waals surface area contributed by atoms with E-state index in [1.165, 1.54) is 13.2 Å². The Kier molecular flexibility index (Phi) is 4.41. The fourth-order valence-corrected chi connectivity index (χ4v) is 4.87. The summed E-state index contributed by atoms with van der Waals surface area (Å²) >= 11 is 0. The molecule has 1 aromatic rings. The number of hydrogen-bond donors (Lipinski definition) is 1. The maximum atomic E-state index is 12.5. The van der Waals surface area contributed by atoms with Crippen molar-refractivity contribution in [3.63, 3.8) is 0 Å². The molecule has 2 fully saturated rings. The van der Waals surface area contributed by atoms with Gasteiger partial charge in [0.15, 0.2) is 11.9 Å². The molecule has 0 unspecified atom stereocenters. The molecule has 0 bridgehead atoms. The van der Waals surface area contributed by atoms with Crippen LogP contribution < -0.4 is 4.74 Å². The van der Waals surface area contributed by atoms with E-state index in [1.807, 2.05) is 32.9 Å². The third-order valence-corrected chi connectivity index (χ3v) is 6.02. The van der Waals surface area contributed by atoms with Crippen LogP contribution in [0.1, 0.15) is 55.6 Å². The van der Waals surface area contributed by atoms with E-state index < -0.39 is 35.9 Å². The van der Waals surface area contributed by atoms with Gasteiger partial charge < -0.3 is 33.5 Å². The summed E-state index contributed by atoms with van der Waals surface area (Å²) in [6.45, 7) is 5.69. The Labute approximate surface area is 174 Å². The van der Waals surface area contributed by atoms with Crippen molar-refractivity contribution in [2.75, 3.05) is 7.11 Å². The number of carbonyl (C=O) groups excluding carboxylic acids is 1. The molecule has 162 valence electrons. The van der Waals surface area contributed by atoms with Crippen molar-refractivity contribution in [2.24, 2.45) is 0 Å². The van der Waals surface area contributed by atoms with Crippen molar-refractivity contribution in [1.29, 1.82) is 0 Å². The lowest BCUT2D eigenvalue weighted by atomic mass is 9.88. The van der Waals surface area contributed by atoms with Crippen molar-refractivity contribution >= 4 is 5.97 Å². The first-order chi connectivity index (χ1) is 14.2. The first-order valence-electron chi connectivity index (χ1n) is 10.2. The van der Waals surface area contributed by atoms with Gasteiger partial charge in [-0.1, -0.05) is 6.08 Å². The Morgan fingerprint density at radius 2 is 1.93 bits per heavy atom. The number of phenolic OH excluding ortho intramolecular Hbond substituents is 1. The van der Waals surface area contributed by atoms with Crippen LogP contribution in [0.25, 0.3) is 0 Å². The van der Waals surface area contributed by atoms with Crippen LogP contribution in [-0.2, 0) is 23.7 Å². The minimum absolute atomic E-state index is 0.0655. The SMILES string of the molecule is COc1cc(O)c2c(c1)[C@@H]([C@H]1C[C@@H]3OC(C)(C)O[C@@H]3[C@]3(C=CC[C@H](C)O3)O1)OC2=O. The highest BCUT2D eigenvalue weighted by molar-refractivity contribution is 5.97. The second-order valence-corrected chi connectivity index (χ2v) is 8.71. The summed E-state index contributed by atoms with van der Waals surface area (Å²) in [6, 6.07) is 3.09. The highest BCUT2D eigenvalue weighted by atomic mass is 16.8. The largest absolute Gasteiger partial charge is 0.507 e. The molecule has 0 amide bonds. The van der Waals surface area contributed by atoms with Crippen LogP contribution in [0.3, 0.4) is 0 Å². The molecule has 8 heteroatoms. The Balaban J connectivity index is 1.54. The predicted octanol–water partition coefficient (Wildman–Crippen LogP) is 2.98. The van der Waals surface area contributed by atoms with E-state index in [0.29, 0.717) is 17.7 Å². The molecule has 1 spiro atoms. The van der Waals surface area contributed by atoms with Gasteiger partial charge in [-0.3, -0.25) is 0 Å². The fraction of sp³-hybridized carbons (Fsp3) is 0.591. The summed E-state index contributed by atoms with van der Waals surface area (Å²) < 4.78 is 36.0. The average molecular weight is 418 g/mol.